The Balaban J connectivity index is 1.75. The molecule has 158 valence electrons. The molecule has 1 aromatic heterocycles. The summed E-state index contributed by atoms with van der Waals surface area (Å²) in [5.74, 6) is 0. The summed E-state index contributed by atoms with van der Waals surface area (Å²) in [7, 11) is -0.429. The van der Waals surface area contributed by atoms with E-state index >= 15 is 0 Å². The highest BCUT2D eigenvalue weighted by Crippen LogP contribution is 2.40. The van der Waals surface area contributed by atoms with E-state index in [1.54, 1.807) is 0 Å². The van der Waals surface area contributed by atoms with Crippen molar-refractivity contribution in [3.8, 4) is 5.69 Å². The summed E-state index contributed by atoms with van der Waals surface area (Å²) >= 11 is 0. The Morgan fingerprint density at radius 3 is 2.06 bits per heavy atom. The van der Waals surface area contributed by atoms with E-state index in [1.807, 2.05) is 0 Å². The molecule has 32 heavy (non-hydrogen) atoms. The van der Waals surface area contributed by atoms with Gasteiger partial charge in [0.1, 0.15) is 0 Å². The van der Waals surface area contributed by atoms with Crippen LogP contribution in [-0.4, -0.2) is 22.9 Å². The summed E-state index contributed by atoms with van der Waals surface area (Å²) in [4.78, 5) is 0. The molecule has 0 N–H and O–H groups in total. The Kier molecular flexibility index (Phi) is 4.11. The topological polar surface area (TPSA) is 23.4 Å². The summed E-state index contributed by atoms with van der Waals surface area (Å²) < 4.78 is 15.4. The van der Waals surface area contributed by atoms with E-state index < -0.39 is 18.3 Å². The van der Waals surface area contributed by atoms with Gasteiger partial charge in [0.05, 0.1) is 22.2 Å². The predicted octanol–water partition coefficient (Wildman–Crippen LogP) is 6.24. The molecule has 4 heteroatoms. The SMILES string of the molecule is CC1(C)OB(c2cccc3c4c5ccccc5ccc4n(-c4ccccc4)c23)OC1(C)C. The van der Waals surface area contributed by atoms with Crippen LogP contribution in [-0.2, 0) is 9.31 Å². The first-order chi connectivity index (χ1) is 15.4. The number of nitrogens with zero attached hydrogens (tertiary/aromatic N) is 1. The maximum atomic E-state index is 6.50. The molecule has 2 heterocycles. The fourth-order valence-corrected chi connectivity index (χ4v) is 4.87. The number of benzene rings is 4. The molecule has 0 bridgehead atoms. The number of aromatic nitrogens is 1. The van der Waals surface area contributed by atoms with Gasteiger partial charge in [0.25, 0.3) is 0 Å². The average molecular weight is 419 g/mol. The highest BCUT2D eigenvalue weighted by molar-refractivity contribution is 6.65. The van der Waals surface area contributed by atoms with E-state index in [1.165, 1.54) is 27.1 Å². The van der Waals surface area contributed by atoms with E-state index in [-0.39, 0.29) is 0 Å². The van der Waals surface area contributed by atoms with Gasteiger partial charge in [-0.15, -0.1) is 0 Å². The van der Waals surface area contributed by atoms with Crippen LogP contribution in [0.3, 0.4) is 0 Å². The Hall–Kier alpha value is -3.08. The number of fused-ring (bicyclic) bond motifs is 5. The van der Waals surface area contributed by atoms with Crippen molar-refractivity contribution in [2.24, 2.45) is 0 Å². The Morgan fingerprint density at radius 1 is 0.656 bits per heavy atom. The van der Waals surface area contributed by atoms with Crippen molar-refractivity contribution in [1.29, 1.82) is 0 Å². The highest BCUT2D eigenvalue weighted by atomic mass is 16.7. The smallest absolute Gasteiger partial charge is 0.399 e. The zero-order valence-electron chi connectivity index (χ0n) is 18.9. The molecule has 0 unspecified atom stereocenters. The van der Waals surface area contributed by atoms with Crippen LogP contribution in [0.25, 0.3) is 38.3 Å². The van der Waals surface area contributed by atoms with E-state index in [0.29, 0.717) is 0 Å². The second kappa shape index (κ2) is 6.71. The molecule has 0 amide bonds. The molecule has 5 aromatic rings. The third-order valence-corrected chi connectivity index (χ3v) is 7.23. The number of hydrogen-bond acceptors (Lipinski definition) is 2. The van der Waals surface area contributed by atoms with Gasteiger partial charge in [-0.2, -0.15) is 0 Å². The summed E-state index contributed by atoms with van der Waals surface area (Å²) in [5.41, 5.74) is 3.74. The lowest BCUT2D eigenvalue weighted by Crippen LogP contribution is -2.41. The fourth-order valence-electron chi connectivity index (χ4n) is 4.87. The first kappa shape index (κ1) is 19.6. The fraction of sp³-hybridized carbons (Fsp3) is 0.214. The van der Waals surface area contributed by atoms with Crippen molar-refractivity contribution in [1.82, 2.24) is 4.57 Å². The molecule has 1 saturated heterocycles. The third kappa shape index (κ3) is 2.70. The molecular formula is C28H26BNO2. The lowest BCUT2D eigenvalue weighted by atomic mass is 9.77. The minimum atomic E-state index is -0.429. The molecule has 1 aliphatic rings. The van der Waals surface area contributed by atoms with Gasteiger partial charge in [0.2, 0.25) is 0 Å². The van der Waals surface area contributed by atoms with Crippen LogP contribution in [0.15, 0.2) is 84.9 Å². The zero-order chi connectivity index (χ0) is 22.1. The molecular weight excluding hydrogens is 393 g/mol. The minimum absolute atomic E-state index is 0.393. The van der Waals surface area contributed by atoms with Crippen molar-refractivity contribution in [2.45, 2.75) is 38.9 Å². The van der Waals surface area contributed by atoms with Gasteiger partial charge in [-0.05, 0) is 56.7 Å². The maximum absolute atomic E-state index is 6.50. The highest BCUT2D eigenvalue weighted by Gasteiger charge is 2.52. The maximum Gasteiger partial charge on any atom is 0.497 e. The van der Waals surface area contributed by atoms with E-state index in [2.05, 4.69) is 117 Å². The standard InChI is InChI=1S/C28H26BNO2/c1-27(2)28(3,4)32-29(31-27)23-16-10-15-22-25-21-14-9-8-11-19(21)17-18-24(25)30(26(22)23)20-12-6-5-7-13-20/h5-18H,1-4H3. The number of para-hydroxylation sites is 2. The van der Waals surface area contributed by atoms with Gasteiger partial charge in [0.15, 0.2) is 0 Å². The second-order valence-electron chi connectivity index (χ2n) is 9.68. The summed E-state index contributed by atoms with van der Waals surface area (Å²) in [6, 6.07) is 30.1. The quantitative estimate of drug-likeness (QED) is 0.317. The first-order valence-electron chi connectivity index (χ1n) is 11.2. The molecule has 3 nitrogen and oxygen atoms in total. The van der Waals surface area contributed by atoms with Crippen LogP contribution < -0.4 is 5.46 Å². The first-order valence-corrected chi connectivity index (χ1v) is 11.2. The Bertz CT molecular complexity index is 1470. The largest absolute Gasteiger partial charge is 0.497 e. The van der Waals surface area contributed by atoms with Crippen molar-refractivity contribution in [2.75, 3.05) is 0 Å². The lowest BCUT2D eigenvalue weighted by Gasteiger charge is -2.32. The van der Waals surface area contributed by atoms with Gasteiger partial charge in [-0.1, -0.05) is 66.7 Å². The van der Waals surface area contributed by atoms with Gasteiger partial charge in [0, 0.05) is 21.9 Å². The minimum Gasteiger partial charge on any atom is -0.399 e. The monoisotopic (exact) mass is 419 g/mol. The number of hydrogen-bond donors (Lipinski definition) is 0. The van der Waals surface area contributed by atoms with Gasteiger partial charge < -0.3 is 13.9 Å². The van der Waals surface area contributed by atoms with Gasteiger partial charge in [-0.3, -0.25) is 0 Å². The van der Waals surface area contributed by atoms with Crippen LogP contribution in [0.4, 0.5) is 0 Å². The van der Waals surface area contributed by atoms with E-state index in [4.69, 9.17) is 9.31 Å². The summed E-state index contributed by atoms with van der Waals surface area (Å²) in [5, 5.41) is 4.98. The second-order valence-corrected chi connectivity index (χ2v) is 9.68. The lowest BCUT2D eigenvalue weighted by molar-refractivity contribution is 0.00578. The Labute approximate surface area is 188 Å². The van der Waals surface area contributed by atoms with Gasteiger partial charge in [-0.25, -0.2) is 0 Å². The van der Waals surface area contributed by atoms with Crippen LogP contribution in [0, 0.1) is 0 Å². The molecule has 0 spiro atoms. The van der Waals surface area contributed by atoms with E-state index in [9.17, 15) is 0 Å². The average Bonchev–Trinajstić information content (AvgIpc) is 3.24. The summed E-state index contributed by atoms with van der Waals surface area (Å²) in [6.45, 7) is 8.42. The summed E-state index contributed by atoms with van der Waals surface area (Å²) in [6.07, 6.45) is 0. The molecule has 0 saturated carbocycles. The van der Waals surface area contributed by atoms with Crippen molar-refractivity contribution in [3.63, 3.8) is 0 Å². The molecule has 0 aliphatic carbocycles. The van der Waals surface area contributed by atoms with Crippen LogP contribution in [0.2, 0.25) is 0 Å². The van der Waals surface area contributed by atoms with Crippen LogP contribution in [0.5, 0.6) is 0 Å². The number of rotatable bonds is 2. The Morgan fingerprint density at radius 2 is 1.31 bits per heavy atom. The molecule has 1 fully saturated rings. The molecule has 4 aromatic carbocycles. The molecule has 1 aliphatic heterocycles. The zero-order valence-corrected chi connectivity index (χ0v) is 18.9. The molecule has 0 atom stereocenters. The molecule has 0 radical (unpaired) electrons. The normalized spacial score (nSPS) is 17.6. The van der Waals surface area contributed by atoms with Gasteiger partial charge >= 0.3 is 7.12 Å². The van der Waals surface area contributed by atoms with Crippen molar-refractivity contribution >= 4 is 45.2 Å². The molecule has 6 rings (SSSR count). The third-order valence-electron chi connectivity index (χ3n) is 7.23. The van der Waals surface area contributed by atoms with Crippen molar-refractivity contribution < 1.29 is 9.31 Å². The van der Waals surface area contributed by atoms with E-state index in [0.717, 1.165) is 16.7 Å². The van der Waals surface area contributed by atoms with Crippen LogP contribution in [0.1, 0.15) is 27.7 Å². The van der Waals surface area contributed by atoms with Crippen molar-refractivity contribution in [3.05, 3.63) is 84.9 Å². The predicted molar refractivity (Wildman–Crippen MR) is 134 cm³/mol. The van der Waals surface area contributed by atoms with Crippen LogP contribution >= 0.6 is 0 Å².